The van der Waals surface area contributed by atoms with Gasteiger partial charge in [-0.2, -0.15) is 4.98 Å². The zero-order valence-electron chi connectivity index (χ0n) is 18.6. The Bertz CT molecular complexity index is 1370. The van der Waals surface area contributed by atoms with Gasteiger partial charge in [0.1, 0.15) is 10.8 Å². The number of nitrogens with two attached hydrogens (primary N) is 1. The number of aromatic amines is 1. The molecule has 1 unspecified atom stereocenters. The van der Waals surface area contributed by atoms with Crippen molar-refractivity contribution in [3.63, 3.8) is 0 Å². The van der Waals surface area contributed by atoms with Crippen molar-refractivity contribution >= 4 is 46.4 Å². The van der Waals surface area contributed by atoms with Crippen molar-refractivity contribution in [1.29, 1.82) is 0 Å². The van der Waals surface area contributed by atoms with Gasteiger partial charge in [-0.15, -0.1) is 0 Å². The lowest BCUT2D eigenvalue weighted by molar-refractivity contribution is 0.166. The van der Waals surface area contributed by atoms with Crippen molar-refractivity contribution in [2.45, 2.75) is 35.2 Å². The van der Waals surface area contributed by atoms with Crippen LogP contribution in [0.1, 0.15) is 30.1 Å². The highest BCUT2D eigenvalue weighted by molar-refractivity contribution is 7.99. The van der Waals surface area contributed by atoms with Gasteiger partial charge in [0.15, 0.2) is 11.3 Å². The molecule has 4 N–H and O–H groups in total. The van der Waals surface area contributed by atoms with E-state index >= 15 is 0 Å². The number of hydrogen-bond donors (Lipinski definition) is 3. The normalized spacial score (nSPS) is 19.1. The van der Waals surface area contributed by atoms with E-state index in [9.17, 15) is 0 Å². The number of nitrogen functional groups attached to an aromatic ring is 1. The highest BCUT2D eigenvalue weighted by Crippen LogP contribution is 2.51. The lowest BCUT2D eigenvalue weighted by atomic mass is 9.73. The van der Waals surface area contributed by atoms with Crippen LogP contribution in [0.5, 0.6) is 0 Å². The number of hydrogen-bond acceptors (Lipinski definition) is 9. The van der Waals surface area contributed by atoms with Crippen LogP contribution in [-0.2, 0) is 6.42 Å². The lowest BCUT2D eigenvalue weighted by Gasteiger charge is -2.43. The number of fused-ring (bicyclic) bond motifs is 2. The van der Waals surface area contributed by atoms with Gasteiger partial charge in [0.2, 0.25) is 5.95 Å². The fourth-order valence-corrected chi connectivity index (χ4v) is 6.33. The summed E-state index contributed by atoms with van der Waals surface area (Å²) in [7, 11) is 2.06. The molecule has 9 nitrogen and oxygen atoms in total. The Balaban J connectivity index is 1.20. The van der Waals surface area contributed by atoms with Gasteiger partial charge in [-0.25, -0.2) is 15.0 Å². The molecular formula is C23H24ClN9S. The van der Waals surface area contributed by atoms with E-state index in [2.05, 4.69) is 48.3 Å². The molecule has 174 valence electrons. The minimum absolute atomic E-state index is 0.194. The molecule has 0 aromatic carbocycles. The molecule has 1 spiro atoms. The minimum atomic E-state index is 0.194. The van der Waals surface area contributed by atoms with Crippen LogP contribution in [0.4, 0.5) is 11.8 Å². The Morgan fingerprint density at radius 1 is 1.18 bits per heavy atom. The second-order valence-corrected chi connectivity index (χ2v) is 10.3. The summed E-state index contributed by atoms with van der Waals surface area (Å²) in [5.41, 5.74) is 9.84. The number of piperidine rings is 1. The van der Waals surface area contributed by atoms with Gasteiger partial charge in [0.05, 0.1) is 11.2 Å². The predicted octanol–water partition coefficient (Wildman–Crippen LogP) is 3.63. The number of anilines is 2. The third kappa shape index (κ3) is 3.57. The predicted molar refractivity (Wildman–Crippen MR) is 133 cm³/mol. The molecule has 34 heavy (non-hydrogen) atoms. The molecule has 0 amide bonds. The molecule has 2 aliphatic rings. The van der Waals surface area contributed by atoms with Gasteiger partial charge in [0, 0.05) is 42.1 Å². The summed E-state index contributed by atoms with van der Waals surface area (Å²) in [6.45, 7) is 1.83. The van der Waals surface area contributed by atoms with Gasteiger partial charge >= 0.3 is 0 Å². The largest absolute Gasteiger partial charge is 0.382 e. The Hall–Kier alpha value is -2.95. The summed E-state index contributed by atoms with van der Waals surface area (Å²) in [6.07, 6.45) is 8.40. The Morgan fingerprint density at radius 2 is 2.03 bits per heavy atom. The lowest BCUT2D eigenvalue weighted by Crippen LogP contribution is -2.45. The fraction of sp³-hybridized carbons (Fsp3) is 0.348. The van der Waals surface area contributed by atoms with Crippen LogP contribution in [0.25, 0.3) is 11.3 Å². The quantitative estimate of drug-likeness (QED) is 0.391. The SMILES string of the molecule is CNC1c2cccnc2CC12CCN(c1nc3nc(Sc4ccnc(N)c4Cl)cnc3[nH]1)CC2. The van der Waals surface area contributed by atoms with Crippen LogP contribution in [-0.4, -0.2) is 50.0 Å². The molecule has 11 heteroatoms. The first-order chi connectivity index (χ1) is 16.6. The summed E-state index contributed by atoms with van der Waals surface area (Å²) in [5.74, 6) is 1.11. The number of H-pyrrole nitrogens is 1. The molecule has 1 fully saturated rings. The molecule has 1 atom stereocenters. The average Bonchev–Trinajstić information content (AvgIpc) is 3.40. The second-order valence-electron chi connectivity index (χ2n) is 8.84. The molecule has 0 saturated carbocycles. The van der Waals surface area contributed by atoms with Gasteiger partial charge in [-0.1, -0.05) is 29.4 Å². The fourth-order valence-electron chi connectivity index (χ4n) is 5.31. The Labute approximate surface area is 206 Å². The van der Waals surface area contributed by atoms with E-state index in [1.807, 2.05) is 18.3 Å². The number of rotatable bonds is 4. The van der Waals surface area contributed by atoms with Gasteiger partial charge < -0.3 is 20.9 Å². The van der Waals surface area contributed by atoms with Gasteiger partial charge in [0.25, 0.3) is 0 Å². The monoisotopic (exact) mass is 493 g/mol. The topological polar surface area (TPSA) is 122 Å². The Kier molecular flexibility index (Phi) is 5.31. The maximum atomic E-state index is 6.28. The highest BCUT2D eigenvalue weighted by Gasteiger charge is 2.47. The van der Waals surface area contributed by atoms with Crippen LogP contribution in [0.15, 0.2) is 46.7 Å². The number of imidazole rings is 1. The molecular weight excluding hydrogens is 470 g/mol. The third-order valence-electron chi connectivity index (χ3n) is 6.99. The number of nitrogens with zero attached hydrogens (tertiary/aromatic N) is 6. The second kappa shape index (κ2) is 8.37. The third-order valence-corrected chi connectivity index (χ3v) is 8.46. The number of nitrogens with one attached hydrogen (secondary N) is 2. The van der Waals surface area contributed by atoms with Crippen LogP contribution in [0, 0.1) is 5.41 Å². The molecule has 0 radical (unpaired) electrons. The van der Waals surface area contributed by atoms with E-state index < -0.39 is 0 Å². The van der Waals surface area contributed by atoms with Gasteiger partial charge in [-0.05, 0) is 49.4 Å². The molecule has 5 heterocycles. The Morgan fingerprint density at radius 3 is 2.85 bits per heavy atom. The van der Waals surface area contributed by atoms with Crippen molar-refractivity contribution in [3.8, 4) is 0 Å². The summed E-state index contributed by atoms with van der Waals surface area (Å²) < 4.78 is 0. The minimum Gasteiger partial charge on any atom is -0.382 e. The molecule has 6 rings (SSSR count). The number of pyridine rings is 2. The maximum absolute atomic E-state index is 6.28. The summed E-state index contributed by atoms with van der Waals surface area (Å²) >= 11 is 7.67. The van der Waals surface area contributed by atoms with Gasteiger partial charge in [-0.3, -0.25) is 4.98 Å². The number of aromatic nitrogens is 6. The van der Waals surface area contributed by atoms with Crippen molar-refractivity contribution in [3.05, 3.63) is 53.1 Å². The van der Waals surface area contributed by atoms with Crippen LogP contribution < -0.4 is 16.0 Å². The van der Waals surface area contributed by atoms with Crippen LogP contribution in [0.2, 0.25) is 5.02 Å². The van der Waals surface area contributed by atoms with Crippen molar-refractivity contribution < 1.29 is 0 Å². The summed E-state index contributed by atoms with van der Waals surface area (Å²) in [5, 5.41) is 4.68. The maximum Gasteiger partial charge on any atom is 0.206 e. The average molecular weight is 494 g/mol. The zero-order valence-corrected chi connectivity index (χ0v) is 20.2. The molecule has 1 saturated heterocycles. The van der Waals surface area contributed by atoms with Crippen LogP contribution >= 0.6 is 23.4 Å². The van der Waals surface area contributed by atoms with E-state index in [-0.39, 0.29) is 5.41 Å². The van der Waals surface area contributed by atoms with E-state index in [1.165, 1.54) is 23.0 Å². The number of halogens is 1. The van der Waals surface area contributed by atoms with E-state index in [0.717, 1.165) is 43.2 Å². The van der Waals surface area contributed by atoms with E-state index in [4.69, 9.17) is 22.3 Å². The first kappa shape index (κ1) is 21.6. The molecule has 1 aliphatic heterocycles. The summed E-state index contributed by atoms with van der Waals surface area (Å²) in [4.78, 5) is 29.0. The summed E-state index contributed by atoms with van der Waals surface area (Å²) in [6, 6.07) is 6.40. The van der Waals surface area contributed by atoms with Crippen molar-refractivity contribution in [1.82, 2.24) is 35.2 Å². The zero-order chi connectivity index (χ0) is 23.3. The smallest absolute Gasteiger partial charge is 0.206 e. The highest BCUT2D eigenvalue weighted by atomic mass is 35.5. The molecule has 4 aromatic heterocycles. The first-order valence-electron chi connectivity index (χ1n) is 11.2. The standard InChI is InChI=1S/C23H24ClN9S/c1-26-18-13-3-2-7-27-14(13)11-23(18)5-9-33(10-6-23)22-31-20-21(32-22)30-16(12-29-20)34-15-4-8-28-19(25)17(15)24/h2-4,7-8,12,18,26H,5-6,9-11H2,1H3,(H2,25,28)(H,29,30,31,32). The molecule has 1 aliphatic carbocycles. The van der Waals surface area contributed by atoms with Crippen molar-refractivity contribution in [2.24, 2.45) is 5.41 Å². The van der Waals surface area contributed by atoms with E-state index in [1.54, 1.807) is 12.4 Å². The molecule has 0 bridgehead atoms. The van der Waals surface area contributed by atoms with Crippen molar-refractivity contribution in [2.75, 3.05) is 30.8 Å². The van der Waals surface area contributed by atoms with E-state index in [0.29, 0.717) is 33.2 Å². The van der Waals surface area contributed by atoms with Crippen LogP contribution in [0.3, 0.4) is 0 Å². The first-order valence-corrected chi connectivity index (χ1v) is 12.4. The molecule has 4 aromatic rings.